The minimum Gasteiger partial charge on any atom is -0.478 e. The fourth-order valence-electron chi connectivity index (χ4n) is 4.19. The van der Waals surface area contributed by atoms with Gasteiger partial charge < -0.3 is 10.0 Å². The van der Waals surface area contributed by atoms with Crippen LogP contribution in [-0.2, 0) is 4.79 Å². The Morgan fingerprint density at radius 2 is 2.14 bits per heavy atom. The molecule has 1 N–H and O–H groups in total. The van der Waals surface area contributed by atoms with Crippen molar-refractivity contribution in [1.82, 2.24) is 0 Å². The minimum atomic E-state index is -0.902. The molecule has 1 aromatic rings. The fourth-order valence-corrected chi connectivity index (χ4v) is 4.19. The predicted molar refractivity (Wildman–Crippen MR) is 85.3 cm³/mol. The van der Waals surface area contributed by atoms with Crippen LogP contribution in [0, 0.1) is 17.8 Å². The number of carboxylic acid groups (broad SMARTS) is 1. The van der Waals surface area contributed by atoms with E-state index in [1.54, 1.807) is 6.08 Å². The number of nitrogens with zero attached hydrogens (tertiary/aromatic N) is 1. The van der Waals surface area contributed by atoms with Crippen LogP contribution in [0.1, 0.15) is 31.2 Å². The second-order valence-corrected chi connectivity index (χ2v) is 6.55. The molecule has 3 nitrogen and oxygen atoms in total. The number of carbonyl (C=O) groups is 1. The Labute approximate surface area is 126 Å². The van der Waals surface area contributed by atoms with Crippen LogP contribution in [0.2, 0.25) is 0 Å². The molecule has 3 heteroatoms. The third kappa shape index (κ3) is 3.12. The van der Waals surface area contributed by atoms with Crippen LogP contribution in [-0.4, -0.2) is 24.7 Å². The molecule has 3 rings (SSSR count). The number of hydrogen-bond donors (Lipinski definition) is 1. The second-order valence-electron chi connectivity index (χ2n) is 6.55. The Kier molecular flexibility index (Phi) is 4.00. The normalized spacial score (nSPS) is 27.4. The van der Waals surface area contributed by atoms with E-state index in [1.165, 1.54) is 31.8 Å². The Bertz CT molecular complexity index is 552. The lowest BCUT2D eigenvalue weighted by Gasteiger charge is -2.29. The molecule has 112 valence electrons. The van der Waals surface area contributed by atoms with Crippen molar-refractivity contribution in [2.45, 2.75) is 25.7 Å². The van der Waals surface area contributed by atoms with Crippen molar-refractivity contribution >= 4 is 17.7 Å². The van der Waals surface area contributed by atoms with Crippen molar-refractivity contribution in [2.75, 3.05) is 18.5 Å². The first-order chi connectivity index (χ1) is 10.1. The molecule has 0 amide bonds. The van der Waals surface area contributed by atoms with Gasteiger partial charge in [0.15, 0.2) is 0 Å². The first-order valence-electron chi connectivity index (χ1n) is 7.84. The molecule has 2 fully saturated rings. The smallest absolute Gasteiger partial charge is 0.328 e. The molecular formula is C18H23NO2. The summed E-state index contributed by atoms with van der Waals surface area (Å²) >= 11 is 0. The third-order valence-corrected chi connectivity index (χ3v) is 5.15. The van der Waals surface area contributed by atoms with Gasteiger partial charge in [-0.2, -0.15) is 0 Å². The van der Waals surface area contributed by atoms with Gasteiger partial charge in [0.25, 0.3) is 0 Å². The van der Waals surface area contributed by atoms with E-state index < -0.39 is 5.97 Å². The lowest BCUT2D eigenvalue weighted by Crippen LogP contribution is -2.29. The van der Waals surface area contributed by atoms with Gasteiger partial charge >= 0.3 is 5.97 Å². The molecule has 21 heavy (non-hydrogen) atoms. The molecule has 0 heterocycles. The maximum Gasteiger partial charge on any atom is 0.328 e. The molecule has 2 aliphatic rings. The molecule has 0 saturated heterocycles. The van der Waals surface area contributed by atoms with Gasteiger partial charge in [-0.15, -0.1) is 0 Å². The van der Waals surface area contributed by atoms with E-state index in [0.29, 0.717) is 0 Å². The first kappa shape index (κ1) is 14.2. The van der Waals surface area contributed by atoms with Gasteiger partial charge in [-0.05, 0) is 54.7 Å². The lowest BCUT2D eigenvalue weighted by molar-refractivity contribution is -0.131. The lowest BCUT2D eigenvalue weighted by atomic mass is 9.88. The molecule has 0 aromatic heterocycles. The largest absolute Gasteiger partial charge is 0.478 e. The number of fused-ring (bicyclic) bond motifs is 2. The Hall–Kier alpha value is -1.77. The summed E-state index contributed by atoms with van der Waals surface area (Å²) in [6.07, 6.45) is 8.55. The van der Waals surface area contributed by atoms with Gasteiger partial charge in [0, 0.05) is 25.4 Å². The van der Waals surface area contributed by atoms with E-state index in [-0.39, 0.29) is 0 Å². The standard InChI is InChI=1S/C18H23NO2/c1-19(12-16-11-13-6-7-15(16)10-13)17-5-3-2-4-14(17)8-9-18(20)21/h2-5,8-9,13,15-16H,6-7,10-12H2,1H3,(H,20,21). The van der Waals surface area contributed by atoms with Gasteiger partial charge in [-0.25, -0.2) is 4.79 Å². The van der Waals surface area contributed by atoms with Gasteiger partial charge in [0.1, 0.15) is 0 Å². The van der Waals surface area contributed by atoms with Crippen molar-refractivity contribution in [3.63, 3.8) is 0 Å². The molecule has 3 unspecified atom stereocenters. The topological polar surface area (TPSA) is 40.5 Å². The molecule has 0 radical (unpaired) electrons. The third-order valence-electron chi connectivity index (χ3n) is 5.15. The maximum absolute atomic E-state index is 10.7. The molecular weight excluding hydrogens is 262 g/mol. The average Bonchev–Trinajstić information content (AvgIpc) is 3.08. The number of carboxylic acids is 1. The Morgan fingerprint density at radius 3 is 2.81 bits per heavy atom. The highest BCUT2D eigenvalue weighted by molar-refractivity contribution is 5.86. The number of para-hydroxylation sites is 1. The van der Waals surface area contributed by atoms with Crippen molar-refractivity contribution in [2.24, 2.45) is 17.8 Å². The fraction of sp³-hybridized carbons (Fsp3) is 0.500. The molecule has 0 spiro atoms. The van der Waals surface area contributed by atoms with Gasteiger partial charge in [0.2, 0.25) is 0 Å². The van der Waals surface area contributed by atoms with E-state index in [0.717, 1.165) is 35.5 Å². The molecule has 1 aromatic carbocycles. The number of rotatable bonds is 5. The molecule has 2 saturated carbocycles. The Balaban J connectivity index is 1.72. The van der Waals surface area contributed by atoms with Crippen LogP contribution in [0.15, 0.2) is 30.3 Å². The monoisotopic (exact) mass is 285 g/mol. The highest BCUT2D eigenvalue weighted by Crippen LogP contribution is 2.48. The zero-order valence-corrected chi connectivity index (χ0v) is 12.5. The van der Waals surface area contributed by atoms with Crippen LogP contribution in [0.5, 0.6) is 0 Å². The van der Waals surface area contributed by atoms with Crippen LogP contribution in [0.3, 0.4) is 0 Å². The van der Waals surface area contributed by atoms with Gasteiger partial charge in [-0.3, -0.25) is 0 Å². The van der Waals surface area contributed by atoms with Crippen LogP contribution < -0.4 is 4.90 Å². The number of aliphatic carboxylic acids is 1. The van der Waals surface area contributed by atoms with Crippen molar-refractivity contribution in [1.29, 1.82) is 0 Å². The average molecular weight is 285 g/mol. The van der Waals surface area contributed by atoms with Crippen LogP contribution in [0.4, 0.5) is 5.69 Å². The molecule has 2 bridgehead atoms. The highest BCUT2D eigenvalue weighted by atomic mass is 16.4. The Morgan fingerprint density at radius 1 is 1.33 bits per heavy atom. The van der Waals surface area contributed by atoms with E-state index in [1.807, 2.05) is 18.2 Å². The van der Waals surface area contributed by atoms with E-state index >= 15 is 0 Å². The summed E-state index contributed by atoms with van der Waals surface area (Å²) in [4.78, 5) is 13.0. The number of hydrogen-bond acceptors (Lipinski definition) is 2. The SMILES string of the molecule is CN(CC1CC2CCC1C2)c1ccccc1C=CC(=O)O. The summed E-state index contributed by atoms with van der Waals surface area (Å²) in [5.41, 5.74) is 2.10. The zero-order chi connectivity index (χ0) is 14.8. The highest BCUT2D eigenvalue weighted by Gasteiger charge is 2.39. The zero-order valence-electron chi connectivity index (χ0n) is 12.5. The minimum absolute atomic E-state index is 0.810. The summed E-state index contributed by atoms with van der Waals surface area (Å²) in [6, 6.07) is 8.03. The summed E-state index contributed by atoms with van der Waals surface area (Å²) < 4.78 is 0. The van der Waals surface area contributed by atoms with Crippen LogP contribution >= 0.6 is 0 Å². The molecule has 2 aliphatic carbocycles. The van der Waals surface area contributed by atoms with Gasteiger partial charge in [-0.1, -0.05) is 24.6 Å². The number of benzene rings is 1. The van der Waals surface area contributed by atoms with Gasteiger partial charge in [0.05, 0.1) is 0 Å². The van der Waals surface area contributed by atoms with Crippen molar-refractivity contribution in [3.05, 3.63) is 35.9 Å². The summed E-state index contributed by atoms with van der Waals surface area (Å²) in [5, 5.41) is 8.81. The van der Waals surface area contributed by atoms with Crippen LogP contribution in [0.25, 0.3) is 6.08 Å². The quantitative estimate of drug-likeness (QED) is 0.839. The summed E-state index contributed by atoms with van der Waals surface area (Å²) in [5.74, 6) is 1.79. The van der Waals surface area contributed by atoms with E-state index in [4.69, 9.17) is 5.11 Å². The maximum atomic E-state index is 10.7. The van der Waals surface area contributed by atoms with Crippen molar-refractivity contribution in [3.8, 4) is 0 Å². The van der Waals surface area contributed by atoms with E-state index in [9.17, 15) is 4.79 Å². The summed E-state index contributed by atoms with van der Waals surface area (Å²) in [6.45, 7) is 1.08. The molecule has 3 atom stereocenters. The number of anilines is 1. The van der Waals surface area contributed by atoms with E-state index in [2.05, 4.69) is 18.0 Å². The van der Waals surface area contributed by atoms with Crippen molar-refractivity contribution < 1.29 is 9.90 Å². The summed E-state index contributed by atoms with van der Waals surface area (Å²) in [7, 11) is 2.12. The first-order valence-corrected chi connectivity index (χ1v) is 7.84. The predicted octanol–water partition coefficient (Wildman–Crippen LogP) is 3.66. The molecule has 0 aliphatic heterocycles. The second kappa shape index (κ2) is 5.92.